The Morgan fingerprint density at radius 2 is 1.15 bits per heavy atom. The van der Waals surface area contributed by atoms with Crippen LogP contribution in [0.1, 0.15) is 26.1 Å². The lowest BCUT2D eigenvalue weighted by Gasteiger charge is -2.46. The Hall–Kier alpha value is -3.38. The molecule has 7 rings (SSSR count). The minimum atomic E-state index is -1.42. The van der Waals surface area contributed by atoms with Crippen molar-refractivity contribution in [2.24, 2.45) is 5.92 Å². The number of fused-ring (bicyclic) bond motifs is 5. The maximum atomic E-state index is 13.8. The SMILES string of the molecule is CC1=C[C@H]2[C@@H]3n4c(=O)n(-c5ccccc5)c(=O)n4[C@H]2n2c(=O)n(-c4ccccc4)c(=O)n2[C@]3(C)O1.ClCCl.ClCCl. The molecule has 4 bridgehead atoms. The second-order valence-corrected chi connectivity index (χ2v) is 11.0. The molecule has 2 aromatic carbocycles. The van der Waals surface area contributed by atoms with Crippen LogP contribution < -0.4 is 22.8 Å². The molecular formula is C26H24Cl4N6O5. The lowest BCUT2D eigenvalue weighted by atomic mass is 9.86. The van der Waals surface area contributed by atoms with Gasteiger partial charge in [0.15, 0.2) is 6.17 Å². The Kier molecular flexibility index (Phi) is 7.90. The van der Waals surface area contributed by atoms with Crippen LogP contribution in [-0.2, 0) is 10.5 Å². The van der Waals surface area contributed by atoms with Crippen LogP contribution in [0, 0.1) is 5.92 Å². The molecule has 3 aliphatic rings. The van der Waals surface area contributed by atoms with Crippen LogP contribution in [0.5, 0.6) is 0 Å². The lowest BCUT2D eigenvalue weighted by Crippen LogP contribution is -2.58. The zero-order chi connectivity index (χ0) is 29.6. The second-order valence-electron chi connectivity index (χ2n) is 9.39. The molecule has 15 heteroatoms. The van der Waals surface area contributed by atoms with Crippen LogP contribution in [0.15, 0.2) is 91.7 Å². The van der Waals surface area contributed by atoms with E-state index in [-0.39, 0.29) is 10.7 Å². The smallest absolute Gasteiger partial charge is 0.355 e. The molecule has 0 saturated heterocycles. The highest BCUT2D eigenvalue weighted by Gasteiger charge is 2.63. The highest BCUT2D eigenvalue weighted by molar-refractivity contribution is 6.41. The van der Waals surface area contributed by atoms with Crippen LogP contribution in [0.2, 0.25) is 0 Å². The molecule has 0 saturated carbocycles. The van der Waals surface area contributed by atoms with Crippen LogP contribution >= 0.6 is 46.4 Å². The molecule has 41 heavy (non-hydrogen) atoms. The number of halogens is 4. The number of aromatic nitrogens is 6. The third kappa shape index (κ3) is 4.25. The van der Waals surface area contributed by atoms with E-state index in [2.05, 4.69) is 0 Å². The molecule has 0 unspecified atom stereocenters. The molecule has 0 aliphatic carbocycles. The summed E-state index contributed by atoms with van der Waals surface area (Å²) >= 11 is 19.1. The van der Waals surface area contributed by atoms with E-state index in [1.807, 2.05) is 6.08 Å². The highest BCUT2D eigenvalue weighted by atomic mass is 35.5. The minimum absolute atomic E-state index is 0.194. The van der Waals surface area contributed by atoms with Crippen molar-refractivity contribution in [3.8, 4) is 11.4 Å². The molecule has 216 valence electrons. The second kappa shape index (κ2) is 11.1. The Labute approximate surface area is 252 Å². The average Bonchev–Trinajstić information content (AvgIpc) is 3.47. The van der Waals surface area contributed by atoms with E-state index in [0.29, 0.717) is 17.1 Å². The standard InChI is InChI=1S/C24H20N6O5.2CH2Cl2/c1-14-13-17-18-24(2,35-14)30-23(34)26(16-11-7-4-8-12-16)22(33)29(30)19(17)28-21(32)25(20(31)27(18)28)15-9-5-3-6-10-15;2*2-1-3/h3-13,17-19H,1-2H3;2*1H2/t17-,18-,19-,24+;;/m0../s1. The van der Waals surface area contributed by atoms with Gasteiger partial charge in [0.1, 0.15) is 6.04 Å². The number of rotatable bonds is 2. The van der Waals surface area contributed by atoms with Gasteiger partial charge in [-0.3, -0.25) is 0 Å². The Bertz CT molecular complexity index is 1850. The van der Waals surface area contributed by atoms with Crippen molar-refractivity contribution in [3.05, 3.63) is 114 Å². The summed E-state index contributed by atoms with van der Waals surface area (Å²) in [6.07, 6.45) is 0.908. The van der Waals surface area contributed by atoms with Gasteiger partial charge in [0.25, 0.3) is 0 Å². The quantitative estimate of drug-likeness (QED) is 0.311. The number of hydrogen-bond acceptors (Lipinski definition) is 5. The number of hydrogen-bond donors (Lipinski definition) is 0. The van der Waals surface area contributed by atoms with Crippen molar-refractivity contribution < 1.29 is 4.74 Å². The summed E-state index contributed by atoms with van der Waals surface area (Å²) in [7, 11) is 0. The van der Waals surface area contributed by atoms with Crippen LogP contribution in [0.4, 0.5) is 0 Å². The molecule has 4 atom stereocenters. The monoisotopic (exact) mass is 640 g/mol. The van der Waals surface area contributed by atoms with Gasteiger partial charge in [-0.15, -0.1) is 46.4 Å². The summed E-state index contributed by atoms with van der Waals surface area (Å²) in [6, 6.07) is 16.5. The number of para-hydroxylation sites is 2. The molecule has 2 aromatic heterocycles. The fourth-order valence-electron chi connectivity index (χ4n) is 6.03. The van der Waals surface area contributed by atoms with E-state index in [1.165, 1.54) is 18.7 Å². The maximum absolute atomic E-state index is 13.8. The van der Waals surface area contributed by atoms with Crippen LogP contribution in [0.25, 0.3) is 11.4 Å². The van der Waals surface area contributed by atoms with Gasteiger partial charge < -0.3 is 4.74 Å². The van der Waals surface area contributed by atoms with Gasteiger partial charge >= 0.3 is 22.8 Å². The van der Waals surface area contributed by atoms with E-state index in [4.69, 9.17) is 51.1 Å². The van der Waals surface area contributed by atoms with E-state index in [1.54, 1.807) is 74.5 Å². The van der Waals surface area contributed by atoms with Gasteiger partial charge in [0, 0.05) is 0 Å². The minimum Gasteiger partial charge on any atom is -0.469 e. The normalized spacial score (nSPS) is 22.7. The zero-order valence-corrected chi connectivity index (χ0v) is 24.8. The summed E-state index contributed by atoms with van der Waals surface area (Å²) < 4.78 is 13.5. The molecule has 4 aromatic rings. The summed E-state index contributed by atoms with van der Waals surface area (Å²) in [4.78, 5) is 54.9. The first-order valence-electron chi connectivity index (χ1n) is 12.3. The fourth-order valence-corrected chi connectivity index (χ4v) is 6.03. The van der Waals surface area contributed by atoms with Crippen molar-refractivity contribution in [3.63, 3.8) is 0 Å². The number of alkyl halides is 4. The van der Waals surface area contributed by atoms with Crippen molar-refractivity contribution >= 4 is 46.4 Å². The molecule has 0 amide bonds. The molecule has 11 nitrogen and oxygen atoms in total. The predicted molar refractivity (Wildman–Crippen MR) is 157 cm³/mol. The largest absolute Gasteiger partial charge is 0.469 e. The molecule has 3 aliphatic heterocycles. The van der Waals surface area contributed by atoms with Gasteiger partial charge in [0.05, 0.1) is 33.7 Å². The summed E-state index contributed by atoms with van der Waals surface area (Å²) in [5, 5.41) is 0.389. The fraction of sp³-hybridized carbons (Fsp3) is 0.308. The highest BCUT2D eigenvalue weighted by Crippen LogP contribution is 2.53. The Morgan fingerprint density at radius 3 is 1.66 bits per heavy atom. The van der Waals surface area contributed by atoms with E-state index >= 15 is 0 Å². The van der Waals surface area contributed by atoms with Crippen molar-refractivity contribution in [2.45, 2.75) is 31.8 Å². The van der Waals surface area contributed by atoms with Gasteiger partial charge in [0.2, 0.25) is 5.72 Å². The maximum Gasteiger partial charge on any atom is 0.355 e. The molecule has 0 spiro atoms. The molecule has 5 heterocycles. The van der Waals surface area contributed by atoms with Crippen LogP contribution in [-0.4, -0.2) is 38.5 Å². The van der Waals surface area contributed by atoms with Crippen molar-refractivity contribution in [1.29, 1.82) is 0 Å². The molecule has 0 radical (unpaired) electrons. The van der Waals surface area contributed by atoms with Crippen molar-refractivity contribution in [1.82, 2.24) is 27.9 Å². The lowest BCUT2D eigenvalue weighted by molar-refractivity contribution is -0.153. The van der Waals surface area contributed by atoms with E-state index in [9.17, 15) is 19.2 Å². The van der Waals surface area contributed by atoms with Gasteiger partial charge in [-0.25, -0.2) is 42.4 Å². The molecule has 0 N–H and O–H groups in total. The third-order valence-corrected chi connectivity index (χ3v) is 7.25. The van der Waals surface area contributed by atoms with Gasteiger partial charge in [-0.05, 0) is 44.2 Å². The average molecular weight is 642 g/mol. The number of allylic oxidation sites excluding steroid dienone is 2. The third-order valence-electron chi connectivity index (χ3n) is 7.25. The Morgan fingerprint density at radius 1 is 0.707 bits per heavy atom. The number of nitrogens with zero attached hydrogens (tertiary/aromatic N) is 6. The van der Waals surface area contributed by atoms with Gasteiger partial charge in [-0.2, -0.15) is 4.68 Å². The number of ether oxygens (including phenoxy) is 1. The first kappa shape index (κ1) is 29.1. The van der Waals surface area contributed by atoms with Crippen LogP contribution in [0.3, 0.4) is 0 Å². The molecule has 0 fully saturated rings. The summed E-state index contributed by atoms with van der Waals surface area (Å²) in [5.41, 5.74) is -2.95. The first-order valence-corrected chi connectivity index (χ1v) is 14.5. The summed E-state index contributed by atoms with van der Waals surface area (Å²) in [6.45, 7) is 3.44. The van der Waals surface area contributed by atoms with Gasteiger partial charge in [-0.1, -0.05) is 36.4 Å². The van der Waals surface area contributed by atoms with Crippen molar-refractivity contribution in [2.75, 3.05) is 10.7 Å². The topological polar surface area (TPSA) is 107 Å². The predicted octanol–water partition coefficient (Wildman–Crippen LogP) is 3.60. The van der Waals surface area contributed by atoms with E-state index in [0.717, 1.165) is 9.13 Å². The summed E-state index contributed by atoms with van der Waals surface area (Å²) in [5.74, 6) is 0.113. The Balaban J connectivity index is 0.000000520. The van der Waals surface area contributed by atoms with E-state index < -0.39 is 46.6 Å². The zero-order valence-electron chi connectivity index (χ0n) is 21.7. The first-order chi connectivity index (χ1) is 19.7. The number of benzene rings is 2. The molecular weight excluding hydrogens is 618 g/mol.